The quantitative estimate of drug-likeness (QED) is 0.0331. The Morgan fingerprint density at radius 3 is 1.56 bits per heavy atom. The SMILES string of the molecule is CC(=O)N[C@H]1C(O[C@@H]2OC(CO)[C@H](O)C(O)[C@@H]2O)[C@@H](O)C(CO[C@@H]2OC(CO)[C@@H](O[C@@H]3OC(CO)[C@H](O)C(O)[C@@H]3O)C(O)[C@@H]2NC(C)=O)O[C@@H]1OC(C)C(NC(=O)C(CO)NC(=O)CNC(=O)C1CCCN1C(C)=O)C(=O)NC(C)C(=O)N1CCCC1C(=O)N1CCCC1C(=O)NC(C)C(N)=O. The highest BCUT2D eigenvalue weighted by molar-refractivity contribution is 5.98. The number of amides is 11. The van der Waals surface area contributed by atoms with Gasteiger partial charge in [0, 0.05) is 40.4 Å². The van der Waals surface area contributed by atoms with Crippen LogP contribution in [0.4, 0.5) is 0 Å². The molecule has 102 heavy (non-hydrogen) atoms. The maximum Gasteiger partial charge on any atom is 0.246 e. The fraction of sp³-hybridized carbons (Fsp3) is 0.817. The standard InChI is InChI=1S/C60H97N11O31/c1-22(50(61)88)63-53(91)30-11-8-14-70(30)56(94)31-12-9-15-71(31)55(93)23(2)64-54(92)37(68-51(89)28(17-72)67-36(79)16-62-52(90)29-10-7-13-69(29)27(6)78)24(3)96-58-39(66-26(5)77)49(102-60-47(87)45(85)41(81)33(19-74)98-60)42(82)35(100-58)21-95-57-38(65-25(4)76)43(83)48(34(20-75)99-57)101-59-46(86)44(84)40(80)32(18-73)97-59/h22-24,28-35,37-49,57-60,72-75,80-87H,7-21H2,1-6H3,(H2,61,88)(H,62,90)(H,63,91)(H,64,92)(H,65,76)(H,66,77)(H,67,79)(H,68,89)/t22?,23?,24?,28?,29?,30?,31?,32?,33?,34?,35?,37?,38-,39-,40-,41-,42-,43?,44?,45?,46-,47-,48+,49?,57+,58-,59-,60-/m0/s1. The van der Waals surface area contributed by atoms with Gasteiger partial charge >= 0.3 is 0 Å². The first-order chi connectivity index (χ1) is 48.2. The van der Waals surface area contributed by atoms with Gasteiger partial charge in [0.25, 0.3) is 0 Å². The van der Waals surface area contributed by atoms with Crippen LogP contribution < -0.4 is 43.0 Å². The minimum absolute atomic E-state index is 0.0248. The molecule has 0 aromatic heterocycles. The number of nitrogens with two attached hydrogens (primary N) is 1. The highest BCUT2D eigenvalue weighted by Crippen LogP contribution is 2.35. The Hall–Kier alpha value is -6.63. The number of hydrogen-bond donors (Lipinski definition) is 20. The van der Waals surface area contributed by atoms with E-state index < -0.39 is 276 Å². The number of likely N-dealkylation sites (tertiary alicyclic amines) is 3. The number of ether oxygens (including phenoxy) is 8. The molecule has 7 saturated heterocycles. The zero-order chi connectivity index (χ0) is 75.5. The summed E-state index contributed by atoms with van der Waals surface area (Å²) in [5.74, 6) is -9.49. The van der Waals surface area contributed by atoms with Crippen molar-refractivity contribution in [3.05, 3.63) is 0 Å². The number of nitrogens with zero attached hydrogens (tertiary/aromatic N) is 3. The van der Waals surface area contributed by atoms with Gasteiger partial charge in [-0.15, -0.1) is 0 Å². The maximum absolute atomic E-state index is 15.0. The molecule has 21 N–H and O–H groups in total. The molecule has 7 rings (SSSR count). The van der Waals surface area contributed by atoms with Crippen molar-refractivity contribution in [3.8, 4) is 0 Å². The Labute approximate surface area is 583 Å². The maximum atomic E-state index is 15.0. The van der Waals surface area contributed by atoms with Crippen LogP contribution in [-0.4, -0.2) is 371 Å². The van der Waals surface area contributed by atoms with Crippen molar-refractivity contribution < 1.29 is 152 Å². The predicted molar refractivity (Wildman–Crippen MR) is 334 cm³/mol. The van der Waals surface area contributed by atoms with Crippen molar-refractivity contribution in [2.45, 2.75) is 251 Å². The Morgan fingerprint density at radius 2 is 1.02 bits per heavy atom. The van der Waals surface area contributed by atoms with Crippen molar-refractivity contribution in [2.24, 2.45) is 5.73 Å². The molecule has 28 atom stereocenters. The molecule has 0 aromatic carbocycles. The monoisotopic (exact) mass is 1470 g/mol. The first kappa shape index (κ1) is 82.7. The average molecular weight is 1470 g/mol. The van der Waals surface area contributed by atoms with Gasteiger partial charge < -0.3 is 157 Å². The van der Waals surface area contributed by atoms with E-state index in [1.165, 1.54) is 35.5 Å². The van der Waals surface area contributed by atoms with E-state index >= 15 is 4.79 Å². The third-order valence-corrected chi connectivity index (χ3v) is 18.8. The number of hydrogen-bond acceptors (Lipinski definition) is 31. The zero-order valence-electron chi connectivity index (χ0n) is 56.8. The Balaban J connectivity index is 1.20. The van der Waals surface area contributed by atoms with Crippen molar-refractivity contribution >= 4 is 65.0 Å². The van der Waals surface area contributed by atoms with E-state index in [1.54, 1.807) is 0 Å². The molecule has 7 fully saturated rings. The lowest BCUT2D eigenvalue weighted by molar-refractivity contribution is -0.359. The van der Waals surface area contributed by atoms with Gasteiger partial charge in [0.1, 0.15) is 140 Å². The summed E-state index contributed by atoms with van der Waals surface area (Å²) in [5, 5.41) is 146. The molecular formula is C60H97N11O31. The van der Waals surface area contributed by atoms with Crippen molar-refractivity contribution in [1.82, 2.24) is 51.9 Å². The lowest BCUT2D eigenvalue weighted by Crippen LogP contribution is -2.70. The second-order valence-electron chi connectivity index (χ2n) is 26.1. The molecule has 0 bridgehead atoms. The first-order valence-corrected chi connectivity index (χ1v) is 33.5. The number of carbonyl (C=O) groups is 11. The first-order valence-electron chi connectivity index (χ1n) is 33.5. The highest BCUT2D eigenvalue weighted by atomic mass is 16.8. The second kappa shape index (κ2) is 36.9. The molecule has 7 aliphatic heterocycles. The summed E-state index contributed by atoms with van der Waals surface area (Å²) in [6.07, 6.45) is -35.1. The van der Waals surface area contributed by atoms with Crippen LogP contribution in [0, 0.1) is 0 Å². The number of nitrogens with one attached hydrogen (secondary N) is 7. The molecule has 7 heterocycles. The molecule has 42 heteroatoms. The van der Waals surface area contributed by atoms with Gasteiger partial charge in [-0.1, -0.05) is 0 Å². The van der Waals surface area contributed by atoms with Crippen LogP contribution in [0.3, 0.4) is 0 Å². The van der Waals surface area contributed by atoms with Gasteiger partial charge in [0.15, 0.2) is 25.2 Å². The summed E-state index contributed by atoms with van der Waals surface area (Å²) in [4.78, 5) is 152. The third-order valence-electron chi connectivity index (χ3n) is 18.8. The van der Waals surface area contributed by atoms with Crippen LogP contribution in [0.5, 0.6) is 0 Å². The number of primary amides is 1. The molecule has 578 valence electrons. The molecule has 0 aromatic rings. The van der Waals surface area contributed by atoms with Crippen LogP contribution in [0.15, 0.2) is 0 Å². The van der Waals surface area contributed by atoms with Crippen molar-refractivity contribution in [3.63, 3.8) is 0 Å². The van der Waals surface area contributed by atoms with E-state index in [2.05, 4.69) is 37.2 Å². The lowest BCUT2D eigenvalue weighted by atomic mass is 9.94. The number of rotatable bonds is 29. The molecule has 0 radical (unpaired) electrons. The topological polar surface area (TPSA) is 624 Å². The summed E-state index contributed by atoms with van der Waals surface area (Å²) < 4.78 is 47.7. The molecule has 7 aliphatic rings. The summed E-state index contributed by atoms with van der Waals surface area (Å²) in [6.45, 7) is 1.44. The normalized spacial score (nSPS) is 35.5. The Kier molecular flexibility index (Phi) is 29.9. The summed E-state index contributed by atoms with van der Waals surface area (Å²) >= 11 is 0. The minimum atomic E-state index is -2.20. The summed E-state index contributed by atoms with van der Waals surface area (Å²) in [6, 6.07) is -13.5. The third kappa shape index (κ3) is 19.6. The van der Waals surface area contributed by atoms with Crippen LogP contribution in [0.25, 0.3) is 0 Å². The Morgan fingerprint density at radius 1 is 0.510 bits per heavy atom. The predicted octanol–water partition coefficient (Wildman–Crippen LogP) is -13.5. The number of aliphatic hydroxyl groups excluding tert-OH is 12. The smallest absolute Gasteiger partial charge is 0.246 e. The lowest BCUT2D eigenvalue weighted by Gasteiger charge is -2.49. The van der Waals surface area contributed by atoms with Gasteiger partial charge in [-0.25, -0.2) is 0 Å². The molecule has 16 unspecified atom stereocenters. The summed E-state index contributed by atoms with van der Waals surface area (Å²) in [7, 11) is 0. The largest absolute Gasteiger partial charge is 0.394 e. The second-order valence-corrected chi connectivity index (χ2v) is 26.1. The van der Waals surface area contributed by atoms with Gasteiger partial charge in [-0.3, -0.25) is 52.7 Å². The molecule has 0 spiro atoms. The van der Waals surface area contributed by atoms with E-state index in [4.69, 9.17) is 43.6 Å². The molecule has 0 aliphatic carbocycles. The molecule has 42 nitrogen and oxygen atoms in total. The van der Waals surface area contributed by atoms with Crippen molar-refractivity contribution in [2.75, 3.05) is 59.2 Å². The van der Waals surface area contributed by atoms with E-state index in [0.717, 1.165) is 20.8 Å². The number of aliphatic hydroxyl groups is 12. The van der Waals surface area contributed by atoms with Gasteiger partial charge in [0.05, 0.1) is 45.7 Å². The molecule has 0 saturated carbocycles. The van der Waals surface area contributed by atoms with Crippen LogP contribution in [0.2, 0.25) is 0 Å². The van der Waals surface area contributed by atoms with Crippen LogP contribution >= 0.6 is 0 Å². The highest BCUT2D eigenvalue weighted by Gasteiger charge is 2.56. The van der Waals surface area contributed by atoms with Gasteiger partial charge in [-0.05, 0) is 59.3 Å². The van der Waals surface area contributed by atoms with Crippen LogP contribution in [-0.2, 0) is 90.6 Å². The zero-order valence-corrected chi connectivity index (χ0v) is 56.8. The molecular weight excluding hydrogens is 1370 g/mol. The average Bonchev–Trinajstić information content (AvgIpc) is 1.31. The van der Waals surface area contributed by atoms with E-state index in [-0.39, 0.29) is 45.3 Å². The minimum Gasteiger partial charge on any atom is -0.394 e. The fourth-order valence-corrected chi connectivity index (χ4v) is 13.2. The number of carbonyl (C=O) groups excluding carboxylic acids is 11. The van der Waals surface area contributed by atoms with E-state index in [1.807, 2.05) is 0 Å². The van der Waals surface area contributed by atoms with E-state index in [0.29, 0.717) is 12.8 Å². The van der Waals surface area contributed by atoms with Crippen molar-refractivity contribution in [1.29, 1.82) is 0 Å². The summed E-state index contributed by atoms with van der Waals surface area (Å²) in [5.41, 5.74) is 5.35. The molecule has 11 amide bonds. The fourth-order valence-electron chi connectivity index (χ4n) is 13.2. The van der Waals surface area contributed by atoms with E-state index in [9.17, 15) is 109 Å². The Bertz CT molecular complexity index is 2950. The van der Waals surface area contributed by atoms with Crippen LogP contribution in [0.1, 0.15) is 80.1 Å². The van der Waals surface area contributed by atoms with Gasteiger partial charge in [-0.2, -0.15) is 0 Å². The van der Waals surface area contributed by atoms with Gasteiger partial charge in [0.2, 0.25) is 65.0 Å².